The molecular weight excluding hydrogens is 397 g/mol. The number of aromatic nitrogens is 1. The normalized spacial score (nSPS) is 17.1. The van der Waals surface area contributed by atoms with Crippen LogP contribution in [0.1, 0.15) is 41.3 Å². The van der Waals surface area contributed by atoms with Crippen LogP contribution in [0, 0.1) is 13.8 Å². The Bertz CT molecular complexity index is 867. The average Bonchev–Trinajstić information content (AvgIpc) is 3.05. The van der Waals surface area contributed by atoms with Gasteiger partial charge in [0.1, 0.15) is 5.76 Å². The van der Waals surface area contributed by atoms with Gasteiger partial charge in [0.05, 0.1) is 17.8 Å². The van der Waals surface area contributed by atoms with Crippen molar-refractivity contribution in [3.63, 3.8) is 0 Å². The third-order valence-corrected chi connectivity index (χ3v) is 5.55. The molecule has 30 heavy (non-hydrogen) atoms. The lowest BCUT2D eigenvalue weighted by Gasteiger charge is -2.38. The van der Waals surface area contributed by atoms with Crippen LogP contribution in [-0.2, 0) is 22.9 Å². The summed E-state index contributed by atoms with van der Waals surface area (Å²) in [5, 5.41) is 6.40. The third-order valence-electron chi connectivity index (χ3n) is 5.55. The van der Waals surface area contributed by atoms with E-state index in [4.69, 9.17) is 9.15 Å². The number of hydrogen-bond donors (Lipinski definition) is 2. The molecule has 1 saturated heterocycles. The number of hydrogen-bond acceptors (Lipinski definition) is 4. The van der Waals surface area contributed by atoms with E-state index in [1.54, 1.807) is 13.1 Å². The third kappa shape index (κ3) is 5.13. The van der Waals surface area contributed by atoms with Crippen LogP contribution in [0.5, 0.6) is 0 Å². The van der Waals surface area contributed by atoms with Crippen molar-refractivity contribution in [2.45, 2.75) is 44.8 Å². The van der Waals surface area contributed by atoms with Crippen LogP contribution in [0.25, 0.3) is 0 Å². The van der Waals surface area contributed by atoms with Gasteiger partial charge in [0.2, 0.25) is 5.89 Å². The lowest BCUT2D eigenvalue weighted by molar-refractivity contribution is -0.137. The van der Waals surface area contributed by atoms with Gasteiger partial charge in [-0.05, 0) is 38.3 Å². The fourth-order valence-corrected chi connectivity index (χ4v) is 3.60. The smallest absolute Gasteiger partial charge is 0.416 e. The zero-order valence-corrected chi connectivity index (χ0v) is 17.4. The van der Waals surface area contributed by atoms with Crippen LogP contribution < -0.4 is 10.6 Å². The number of halogens is 3. The standard InChI is InChI=1S/C21H27F3N4O2/c1-14-15(2)30-18(28-14)12-26-19(25-3)27-13-20(7-9-29-10-8-20)16-5-4-6-17(11-16)21(22,23)24/h4-6,11H,7-10,12-13H2,1-3H3,(H2,25,26,27). The minimum Gasteiger partial charge on any atom is -0.444 e. The predicted octanol–water partition coefficient (Wildman–Crippen LogP) is 3.72. The van der Waals surface area contributed by atoms with Gasteiger partial charge in [0.15, 0.2) is 5.96 Å². The molecule has 0 atom stereocenters. The van der Waals surface area contributed by atoms with Gasteiger partial charge in [-0.2, -0.15) is 13.2 Å². The summed E-state index contributed by atoms with van der Waals surface area (Å²) < 4.78 is 50.7. The average molecular weight is 424 g/mol. The lowest BCUT2D eigenvalue weighted by atomic mass is 9.73. The van der Waals surface area contributed by atoms with Crippen LogP contribution in [-0.4, -0.2) is 37.7 Å². The first-order valence-electron chi connectivity index (χ1n) is 9.86. The number of alkyl halides is 3. The SMILES string of the molecule is CN=C(NCc1nc(C)c(C)o1)NCC1(c2cccc(C(F)(F)F)c2)CCOCC1. The number of ether oxygens (including phenoxy) is 1. The lowest BCUT2D eigenvalue weighted by Crippen LogP contribution is -2.48. The highest BCUT2D eigenvalue weighted by molar-refractivity contribution is 5.79. The summed E-state index contributed by atoms with van der Waals surface area (Å²) in [6, 6.07) is 5.58. The molecule has 1 aliphatic rings. The summed E-state index contributed by atoms with van der Waals surface area (Å²) >= 11 is 0. The van der Waals surface area contributed by atoms with E-state index in [9.17, 15) is 13.2 Å². The molecule has 3 rings (SSSR count). The minimum atomic E-state index is -4.38. The second-order valence-electron chi connectivity index (χ2n) is 7.50. The Balaban J connectivity index is 1.73. The van der Waals surface area contributed by atoms with Gasteiger partial charge in [-0.3, -0.25) is 4.99 Å². The molecule has 0 amide bonds. The van der Waals surface area contributed by atoms with Crippen molar-refractivity contribution in [3.05, 3.63) is 52.7 Å². The molecule has 0 aliphatic carbocycles. The molecule has 0 saturated carbocycles. The van der Waals surface area contributed by atoms with Gasteiger partial charge in [0, 0.05) is 32.2 Å². The number of nitrogens with zero attached hydrogens (tertiary/aromatic N) is 2. The molecule has 9 heteroatoms. The number of guanidine groups is 1. The van der Waals surface area contributed by atoms with Crippen LogP contribution in [0.4, 0.5) is 13.2 Å². The molecule has 1 fully saturated rings. The van der Waals surface area contributed by atoms with Crippen molar-refractivity contribution >= 4 is 5.96 Å². The van der Waals surface area contributed by atoms with Crippen molar-refractivity contribution in [2.75, 3.05) is 26.8 Å². The maximum atomic E-state index is 13.2. The van der Waals surface area contributed by atoms with Crippen LogP contribution in [0.15, 0.2) is 33.7 Å². The monoisotopic (exact) mass is 424 g/mol. The van der Waals surface area contributed by atoms with Gasteiger partial charge >= 0.3 is 6.18 Å². The first kappa shape index (κ1) is 22.1. The molecule has 1 aromatic carbocycles. The van der Waals surface area contributed by atoms with E-state index >= 15 is 0 Å². The molecule has 0 radical (unpaired) electrons. The minimum absolute atomic E-state index is 0.355. The highest BCUT2D eigenvalue weighted by atomic mass is 19.4. The Morgan fingerprint density at radius 1 is 1.20 bits per heavy atom. The number of rotatable bonds is 5. The zero-order chi connectivity index (χ0) is 21.8. The van der Waals surface area contributed by atoms with E-state index < -0.39 is 17.2 Å². The van der Waals surface area contributed by atoms with Gasteiger partial charge in [-0.25, -0.2) is 4.98 Å². The summed E-state index contributed by atoms with van der Waals surface area (Å²) in [7, 11) is 1.64. The molecule has 1 aromatic heterocycles. The van der Waals surface area contributed by atoms with E-state index in [0.29, 0.717) is 56.6 Å². The van der Waals surface area contributed by atoms with E-state index in [0.717, 1.165) is 17.5 Å². The summed E-state index contributed by atoms with van der Waals surface area (Å²) in [6.07, 6.45) is -3.13. The summed E-state index contributed by atoms with van der Waals surface area (Å²) in [4.78, 5) is 8.54. The number of nitrogens with one attached hydrogen (secondary N) is 2. The molecule has 2 heterocycles. The summed E-state index contributed by atoms with van der Waals surface area (Å²) in [5.74, 6) is 1.84. The first-order chi connectivity index (χ1) is 14.2. The van der Waals surface area contributed by atoms with Crippen LogP contribution in [0.2, 0.25) is 0 Å². The Kier molecular flexibility index (Phi) is 6.70. The van der Waals surface area contributed by atoms with Crippen molar-refractivity contribution in [1.29, 1.82) is 0 Å². The molecule has 0 spiro atoms. The van der Waals surface area contributed by atoms with Gasteiger partial charge in [0.25, 0.3) is 0 Å². The highest BCUT2D eigenvalue weighted by Crippen LogP contribution is 2.37. The molecular formula is C21H27F3N4O2. The molecule has 1 aliphatic heterocycles. The Hall–Kier alpha value is -2.55. The van der Waals surface area contributed by atoms with Gasteiger partial charge < -0.3 is 19.8 Å². The fraction of sp³-hybridized carbons (Fsp3) is 0.524. The molecule has 0 bridgehead atoms. The van der Waals surface area contributed by atoms with Crippen molar-refractivity contribution < 1.29 is 22.3 Å². The van der Waals surface area contributed by atoms with E-state index in [2.05, 4.69) is 20.6 Å². The number of aryl methyl sites for hydroxylation is 2. The zero-order valence-electron chi connectivity index (χ0n) is 17.4. The molecule has 2 N–H and O–H groups in total. The first-order valence-corrected chi connectivity index (χ1v) is 9.86. The Morgan fingerprint density at radius 3 is 2.53 bits per heavy atom. The summed E-state index contributed by atoms with van der Waals surface area (Å²) in [6.45, 7) is 5.51. The van der Waals surface area contributed by atoms with Crippen LogP contribution >= 0.6 is 0 Å². The maximum Gasteiger partial charge on any atom is 0.416 e. The van der Waals surface area contributed by atoms with Gasteiger partial charge in [-0.1, -0.05) is 18.2 Å². The Morgan fingerprint density at radius 2 is 1.93 bits per heavy atom. The van der Waals surface area contributed by atoms with Crippen molar-refractivity contribution in [1.82, 2.24) is 15.6 Å². The molecule has 2 aromatic rings. The topological polar surface area (TPSA) is 71.7 Å². The highest BCUT2D eigenvalue weighted by Gasteiger charge is 2.37. The quantitative estimate of drug-likeness (QED) is 0.565. The fourth-order valence-electron chi connectivity index (χ4n) is 3.60. The molecule has 0 unspecified atom stereocenters. The molecule has 6 nitrogen and oxygen atoms in total. The predicted molar refractivity (Wildman–Crippen MR) is 107 cm³/mol. The van der Waals surface area contributed by atoms with Gasteiger partial charge in [-0.15, -0.1) is 0 Å². The number of oxazole rings is 1. The second-order valence-corrected chi connectivity index (χ2v) is 7.50. The second kappa shape index (κ2) is 9.07. The number of benzene rings is 1. The molecule has 164 valence electrons. The maximum absolute atomic E-state index is 13.2. The largest absolute Gasteiger partial charge is 0.444 e. The van der Waals surface area contributed by atoms with Crippen molar-refractivity contribution in [3.8, 4) is 0 Å². The van der Waals surface area contributed by atoms with E-state index in [1.807, 2.05) is 13.8 Å². The number of aliphatic imine (C=N–C) groups is 1. The van der Waals surface area contributed by atoms with E-state index in [1.165, 1.54) is 12.1 Å². The Labute approximate surface area is 173 Å². The summed E-state index contributed by atoms with van der Waals surface area (Å²) in [5.41, 5.74) is 0.374. The van der Waals surface area contributed by atoms with E-state index in [-0.39, 0.29) is 0 Å². The van der Waals surface area contributed by atoms with Crippen molar-refractivity contribution in [2.24, 2.45) is 4.99 Å². The van der Waals surface area contributed by atoms with Crippen LogP contribution in [0.3, 0.4) is 0 Å².